The normalized spacial score (nSPS) is 33.1. The molecule has 0 aromatic heterocycles. The van der Waals surface area contributed by atoms with Gasteiger partial charge in [0.1, 0.15) is 0 Å². The van der Waals surface area contributed by atoms with Gasteiger partial charge in [0.25, 0.3) is 0 Å². The van der Waals surface area contributed by atoms with E-state index in [0.717, 1.165) is 19.6 Å². The van der Waals surface area contributed by atoms with Gasteiger partial charge in [-0.25, -0.2) is 0 Å². The maximum absolute atomic E-state index is 12.0. The van der Waals surface area contributed by atoms with Crippen molar-refractivity contribution in [1.29, 1.82) is 0 Å². The van der Waals surface area contributed by atoms with E-state index < -0.39 is 0 Å². The molecule has 2 aliphatic rings. The Bertz CT molecular complexity index is 257. The quantitative estimate of drug-likeness (QED) is 0.734. The standard InChI is InChI=1S/C12H23N3O/c1-10-12(16)15(8-6-13-10)9-11-5-3-4-7-14(11)2/h10-11,13H,3-9H2,1-2H3. The first-order valence-corrected chi connectivity index (χ1v) is 6.41. The van der Waals surface area contributed by atoms with Gasteiger partial charge >= 0.3 is 0 Å². The number of carbonyl (C=O) groups is 1. The summed E-state index contributed by atoms with van der Waals surface area (Å²) in [5, 5.41) is 3.21. The Labute approximate surface area is 98.0 Å². The van der Waals surface area contributed by atoms with Crippen LogP contribution in [0.25, 0.3) is 0 Å². The lowest BCUT2D eigenvalue weighted by Crippen LogP contribution is -2.57. The molecule has 0 saturated carbocycles. The van der Waals surface area contributed by atoms with Crippen molar-refractivity contribution in [2.75, 3.05) is 33.2 Å². The van der Waals surface area contributed by atoms with Crippen LogP contribution in [0.3, 0.4) is 0 Å². The number of rotatable bonds is 2. The van der Waals surface area contributed by atoms with Gasteiger partial charge in [-0.2, -0.15) is 0 Å². The van der Waals surface area contributed by atoms with E-state index in [0.29, 0.717) is 6.04 Å². The van der Waals surface area contributed by atoms with Gasteiger partial charge in [-0.3, -0.25) is 4.79 Å². The van der Waals surface area contributed by atoms with Gasteiger partial charge in [0.2, 0.25) is 5.91 Å². The van der Waals surface area contributed by atoms with Crippen molar-refractivity contribution < 1.29 is 4.79 Å². The number of piperidine rings is 1. The topological polar surface area (TPSA) is 35.6 Å². The van der Waals surface area contributed by atoms with Crippen molar-refractivity contribution in [2.24, 2.45) is 0 Å². The molecule has 0 spiro atoms. The molecule has 0 aromatic rings. The van der Waals surface area contributed by atoms with E-state index in [4.69, 9.17) is 0 Å². The summed E-state index contributed by atoms with van der Waals surface area (Å²) >= 11 is 0. The van der Waals surface area contributed by atoms with Crippen LogP contribution in [-0.2, 0) is 4.79 Å². The Morgan fingerprint density at radius 1 is 1.38 bits per heavy atom. The molecular formula is C12H23N3O. The first kappa shape index (κ1) is 11.9. The summed E-state index contributed by atoms with van der Waals surface area (Å²) in [7, 11) is 2.18. The number of nitrogens with one attached hydrogen (secondary N) is 1. The average molecular weight is 225 g/mol. The minimum atomic E-state index is 0.00245. The van der Waals surface area contributed by atoms with Gasteiger partial charge in [0.05, 0.1) is 6.04 Å². The van der Waals surface area contributed by atoms with Crippen LogP contribution in [0, 0.1) is 0 Å². The van der Waals surface area contributed by atoms with Crippen LogP contribution < -0.4 is 5.32 Å². The number of likely N-dealkylation sites (N-methyl/N-ethyl adjacent to an activating group) is 1. The van der Waals surface area contributed by atoms with Gasteiger partial charge in [0.15, 0.2) is 0 Å². The third kappa shape index (κ3) is 2.55. The predicted octanol–water partition coefficient (Wildman–Crippen LogP) is 0.291. The monoisotopic (exact) mass is 225 g/mol. The Morgan fingerprint density at radius 3 is 2.94 bits per heavy atom. The molecular weight excluding hydrogens is 202 g/mol. The van der Waals surface area contributed by atoms with Gasteiger partial charge in [0, 0.05) is 25.7 Å². The van der Waals surface area contributed by atoms with Crippen molar-refractivity contribution >= 4 is 5.91 Å². The maximum atomic E-state index is 12.0. The fraction of sp³-hybridized carbons (Fsp3) is 0.917. The zero-order valence-corrected chi connectivity index (χ0v) is 10.4. The highest BCUT2D eigenvalue weighted by atomic mass is 16.2. The molecule has 0 radical (unpaired) electrons. The summed E-state index contributed by atoms with van der Waals surface area (Å²) in [5.74, 6) is 0.269. The highest BCUT2D eigenvalue weighted by Gasteiger charge is 2.28. The summed E-state index contributed by atoms with van der Waals surface area (Å²) < 4.78 is 0. The van der Waals surface area contributed by atoms with Crippen molar-refractivity contribution in [2.45, 2.75) is 38.3 Å². The number of amides is 1. The second-order valence-corrected chi connectivity index (χ2v) is 5.09. The smallest absolute Gasteiger partial charge is 0.239 e. The number of nitrogens with zero attached hydrogens (tertiary/aromatic N) is 2. The lowest BCUT2D eigenvalue weighted by Gasteiger charge is -2.39. The molecule has 4 nitrogen and oxygen atoms in total. The largest absolute Gasteiger partial charge is 0.339 e. The fourth-order valence-corrected chi connectivity index (χ4v) is 2.70. The highest BCUT2D eigenvalue weighted by molar-refractivity contribution is 5.82. The molecule has 1 amide bonds. The lowest BCUT2D eigenvalue weighted by molar-refractivity contribution is -0.136. The van der Waals surface area contributed by atoms with Crippen molar-refractivity contribution in [3.63, 3.8) is 0 Å². The predicted molar refractivity (Wildman–Crippen MR) is 64.3 cm³/mol. The van der Waals surface area contributed by atoms with E-state index in [1.807, 2.05) is 11.8 Å². The van der Waals surface area contributed by atoms with Crippen molar-refractivity contribution in [3.05, 3.63) is 0 Å². The molecule has 0 aromatic carbocycles. The first-order chi connectivity index (χ1) is 7.68. The molecule has 2 aliphatic heterocycles. The molecule has 0 bridgehead atoms. The summed E-state index contributed by atoms with van der Waals surface area (Å²) in [6, 6.07) is 0.575. The zero-order chi connectivity index (χ0) is 11.5. The molecule has 2 unspecified atom stereocenters. The molecule has 16 heavy (non-hydrogen) atoms. The molecule has 1 N–H and O–H groups in total. The van der Waals surface area contributed by atoms with Gasteiger partial charge in [-0.05, 0) is 33.4 Å². The SMILES string of the molecule is CC1NCCN(CC2CCCCN2C)C1=O. The Hall–Kier alpha value is -0.610. The molecule has 2 rings (SSSR count). The first-order valence-electron chi connectivity index (χ1n) is 6.41. The highest BCUT2D eigenvalue weighted by Crippen LogP contribution is 2.16. The third-order valence-electron chi connectivity index (χ3n) is 3.87. The molecule has 2 heterocycles. The number of hydrogen-bond acceptors (Lipinski definition) is 3. The van der Waals surface area contributed by atoms with Crippen molar-refractivity contribution in [3.8, 4) is 0 Å². The van der Waals surface area contributed by atoms with Gasteiger partial charge in [-0.1, -0.05) is 6.42 Å². The van der Waals surface area contributed by atoms with Crippen LogP contribution in [-0.4, -0.2) is 61.0 Å². The Morgan fingerprint density at radius 2 is 2.19 bits per heavy atom. The third-order valence-corrected chi connectivity index (χ3v) is 3.87. The fourth-order valence-electron chi connectivity index (χ4n) is 2.70. The summed E-state index contributed by atoms with van der Waals surface area (Å²) in [5.41, 5.74) is 0. The van der Waals surface area contributed by atoms with Crippen molar-refractivity contribution in [1.82, 2.24) is 15.1 Å². The van der Waals surface area contributed by atoms with E-state index in [2.05, 4.69) is 17.3 Å². The van der Waals surface area contributed by atoms with Crippen LogP contribution in [0.5, 0.6) is 0 Å². The van der Waals surface area contributed by atoms with E-state index >= 15 is 0 Å². The van der Waals surface area contributed by atoms with Gasteiger partial charge < -0.3 is 15.1 Å². The van der Waals surface area contributed by atoms with Crippen LogP contribution in [0.1, 0.15) is 26.2 Å². The summed E-state index contributed by atoms with van der Waals surface area (Å²) in [6.07, 6.45) is 3.85. The molecule has 2 saturated heterocycles. The molecule has 0 aliphatic carbocycles. The Kier molecular flexibility index (Phi) is 3.82. The van der Waals surface area contributed by atoms with E-state index in [9.17, 15) is 4.79 Å². The van der Waals surface area contributed by atoms with E-state index in [-0.39, 0.29) is 11.9 Å². The summed E-state index contributed by atoms with van der Waals surface area (Å²) in [6.45, 7) is 5.86. The minimum Gasteiger partial charge on any atom is -0.339 e. The molecule has 2 atom stereocenters. The second kappa shape index (κ2) is 5.15. The van der Waals surface area contributed by atoms with Crippen LogP contribution >= 0.6 is 0 Å². The van der Waals surface area contributed by atoms with Gasteiger partial charge in [-0.15, -0.1) is 0 Å². The van der Waals surface area contributed by atoms with Crippen LogP contribution in [0.4, 0.5) is 0 Å². The number of likely N-dealkylation sites (tertiary alicyclic amines) is 1. The zero-order valence-electron chi connectivity index (χ0n) is 10.4. The second-order valence-electron chi connectivity index (χ2n) is 5.09. The number of hydrogen-bond donors (Lipinski definition) is 1. The lowest BCUT2D eigenvalue weighted by atomic mass is 10.0. The Balaban J connectivity index is 1.90. The number of carbonyl (C=O) groups excluding carboxylic acids is 1. The minimum absolute atomic E-state index is 0.00245. The molecule has 4 heteroatoms. The molecule has 92 valence electrons. The average Bonchev–Trinajstić information content (AvgIpc) is 2.28. The number of piperazine rings is 1. The maximum Gasteiger partial charge on any atom is 0.239 e. The van der Waals surface area contributed by atoms with E-state index in [1.165, 1.54) is 25.8 Å². The van der Waals surface area contributed by atoms with Crippen LogP contribution in [0.2, 0.25) is 0 Å². The van der Waals surface area contributed by atoms with E-state index in [1.54, 1.807) is 0 Å². The molecule has 2 fully saturated rings. The summed E-state index contributed by atoms with van der Waals surface area (Å²) in [4.78, 5) is 16.4. The van der Waals surface area contributed by atoms with Crippen LogP contribution in [0.15, 0.2) is 0 Å².